The minimum Gasteiger partial charge on any atom is -0.502 e. The van der Waals surface area contributed by atoms with Crippen LogP contribution >= 0.6 is 0 Å². The van der Waals surface area contributed by atoms with Gasteiger partial charge >= 0.3 is 0 Å². The summed E-state index contributed by atoms with van der Waals surface area (Å²) in [4.78, 5) is 13.8. The third-order valence-electron chi connectivity index (χ3n) is 4.13. The second-order valence-electron chi connectivity index (χ2n) is 5.38. The van der Waals surface area contributed by atoms with E-state index in [4.69, 9.17) is 15.3 Å². The predicted molar refractivity (Wildman–Crippen MR) is 66.2 cm³/mol. The number of hydrogen-bond acceptors (Lipinski definition) is 5. The summed E-state index contributed by atoms with van der Waals surface area (Å²) in [7, 11) is 0. The van der Waals surface area contributed by atoms with Crippen LogP contribution in [0, 0.1) is 0 Å². The van der Waals surface area contributed by atoms with Gasteiger partial charge in [-0.15, -0.1) is 0 Å². The molecule has 1 aromatic heterocycles. The maximum Gasteiger partial charge on any atom is 0.226 e. The Morgan fingerprint density at radius 1 is 1.39 bits per heavy atom. The first-order valence-corrected chi connectivity index (χ1v) is 6.45. The molecule has 1 aromatic rings. The molecule has 0 radical (unpaired) electrons. The van der Waals surface area contributed by atoms with Gasteiger partial charge in [-0.05, 0) is 25.7 Å². The van der Waals surface area contributed by atoms with Crippen LogP contribution in [0.3, 0.4) is 0 Å². The Morgan fingerprint density at radius 3 is 2.67 bits per heavy atom. The van der Waals surface area contributed by atoms with Crippen molar-refractivity contribution in [2.45, 2.75) is 50.4 Å². The molecular formula is C13H18N2O3. The lowest BCUT2D eigenvalue weighted by molar-refractivity contribution is 0.110. The largest absolute Gasteiger partial charge is 0.502 e. The third kappa shape index (κ3) is 2.04. The quantitative estimate of drug-likeness (QED) is 0.811. The summed E-state index contributed by atoms with van der Waals surface area (Å²) < 4.78 is 5.27. The molecule has 0 spiro atoms. The molecule has 2 bridgehead atoms. The Kier molecular flexibility index (Phi) is 2.87. The van der Waals surface area contributed by atoms with Crippen molar-refractivity contribution >= 4 is 0 Å². The highest BCUT2D eigenvalue weighted by Crippen LogP contribution is 2.36. The highest BCUT2D eigenvalue weighted by molar-refractivity contribution is 5.16. The van der Waals surface area contributed by atoms with E-state index in [0.29, 0.717) is 30.4 Å². The van der Waals surface area contributed by atoms with Gasteiger partial charge in [-0.3, -0.25) is 9.69 Å². The maximum atomic E-state index is 11.4. The number of piperidine rings is 1. The van der Waals surface area contributed by atoms with Crippen molar-refractivity contribution < 1.29 is 9.52 Å². The molecule has 3 heterocycles. The fraction of sp³-hybridized carbons (Fsp3) is 0.615. The van der Waals surface area contributed by atoms with Crippen LogP contribution in [0.2, 0.25) is 0 Å². The maximum absolute atomic E-state index is 11.4. The first-order valence-electron chi connectivity index (χ1n) is 6.45. The average Bonchev–Trinajstić information content (AvgIpc) is 2.58. The van der Waals surface area contributed by atoms with Gasteiger partial charge in [0.25, 0.3) is 0 Å². The molecule has 2 saturated heterocycles. The second kappa shape index (κ2) is 4.40. The summed E-state index contributed by atoms with van der Waals surface area (Å²) in [6, 6.07) is 2.71. The van der Waals surface area contributed by atoms with Crippen molar-refractivity contribution in [3.63, 3.8) is 0 Å². The minimum absolute atomic E-state index is 0.311. The highest BCUT2D eigenvalue weighted by atomic mass is 16.4. The van der Waals surface area contributed by atoms with E-state index in [0.717, 1.165) is 19.1 Å². The Balaban J connectivity index is 1.77. The smallest absolute Gasteiger partial charge is 0.226 e. The molecular weight excluding hydrogens is 232 g/mol. The number of fused-ring (bicyclic) bond motifs is 2. The molecule has 2 unspecified atom stereocenters. The van der Waals surface area contributed by atoms with Gasteiger partial charge in [0, 0.05) is 24.2 Å². The molecule has 0 aliphatic carbocycles. The fourth-order valence-corrected chi connectivity index (χ4v) is 3.28. The lowest BCUT2D eigenvalue weighted by Crippen LogP contribution is -2.46. The number of nitrogens with two attached hydrogens (primary N) is 1. The van der Waals surface area contributed by atoms with Crippen LogP contribution in [0.5, 0.6) is 5.75 Å². The average molecular weight is 250 g/mol. The van der Waals surface area contributed by atoms with Gasteiger partial charge in [0.05, 0.1) is 6.54 Å². The minimum atomic E-state index is -0.377. The Bertz CT molecular complexity index is 485. The van der Waals surface area contributed by atoms with Gasteiger partial charge < -0.3 is 15.3 Å². The number of nitrogens with zero attached hydrogens (tertiary/aromatic N) is 1. The molecule has 3 N–H and O–H groups in total. The van der Waals surface area contributed by atoms with Gasteiger partial charge in [-0.25, -0.2) is 0 Å². The zero-order valence-corrected chi connectivity index (χ0v) is 10.2. The molecule has 2 atom stereocenters. The first kappa shape index (κ1) is 11.7. The van der Waals surface area contributed by atoms with Gasteiger partial charge in [0.15, 0.2) is 5.75 Å². The molecule has 0 aromatic carbocycles. The van der Waals surface area contributed by atoms with Gasteiger partial charge in [-0.2, -0.15) is 0 Å². The van der Waals surface area contributed by atoms with Crippen molar-refractivity contribution in [2.24, 2.45) is 5.73 Å². The normalized spacial score (nSPS) is 31.7. The molecule has 5 nitrogen and oxygen atoms in total. The van der Waals surface area contributed by atoms with E-state index < -0.39 is 0 Å². The molecule has 2 aliphatic heterocycles. The SMILES string of the molecule is NC1CC2CCC(C1)N2Cc1cc(=O)c(O)co1. The van der Waals surface area contributed by atoms with Crippen LogP contribution < -0.4 is 11.2 Å². The van der Waals surface area contributed by atoms with Crippen LogP contribution in [0.1, 0.15) is 31.4 Å². The van der Waals surface area contributed by atoms with E-state index in [1.54, 1.807) is 0 Å². The zero-order valence-electron chi connectivity index (χ0n) is 10.2. The Labute approximate surface area is 105 Å². The van der Waals surface area contributed by atoms with Crippen LogP contribution in [0.4, 0.5) is 0 Å². The zero-order chi connectivity index (χ0) is 12.7. The number of hydrogen-bond donors (Lipinski definition) is 2. The molecule has 0 saturated carbocycles. The van der Waals surface area contributed by atoms with E-state index in [-0.39, 0.29) is 11.2 Å². The first-order chi connectivity index (χ1) is 8.63. The van der Waals surface area contributed by atoms with Gasteiger partial charge in [0.1, 0.15) is 12.0 Å². The lowest BCUT2D eigenvalue weighted by atomic mass is 9.98. The topological polar surface area (TPSA) is 79.7 Å². The van der Waals surface area contributed by atoms with E-state index >= 15 is 0 Å². The van der Waals surface area contributed by atoms with Crippen LogP contribution in [-0.4, -0.2) is 28.1 Å². The molecule has 2 aliphatic rings. The summed E-state index contributed by atoms with van der Waals surface area (Å²) >= 11 is 0. The third-order valence-corrected chi connectivity index (χ3v) is 4.13. The van der Waals surface area contributed by atoms with Gasteiger partial charge in [-0.1, -0.05) is 0 Å². The van der Waals surface area contributed by atoms with Crippen molar-refractivity contribution in [1.29, 1.82) is 0 Å². The van der Waals surface area contributed by atoms with Crippen LogP contribution in [0.15, 0.2) is 21.5 Å². The van der Waals surface area contributed by atoms with E-state index in [2.05, 4.69) is 4.90 Å². The van der Waals surface area contributed by atoms with E-state index in [1.807, 2.05) is 0 Å². The summed E-state index contributed by atoms with van der Waals surface area (Å²) in [5.41, 5.74) is 5.64. The lowest BCUT2D eigenvalue weighted by Gasteiger charge is -2.37. The Morgan fingerprint density at radius 2 is 2.06 bits per heavy atom. The molecule has 98 valence electrons. The molecule has 18 heavy (non-hydrogen) atoms. The Hall–Kier alpha value is -1.33. The second-order valence-corrected chi connectivity index (χ2v) is 5.38. The summed E-state index contributed by atoms with van der Waals surface area (Å²) in [6.07, 6.45) is 5.54. The van der Waals surface area contributed by atoms with Crippen molar-refractivity contribution in [2.75, 3.05) is 0 Å². The summed E-state index contributed by atoms with van der Waals surface area (Å²) in [5.74, 6) is 0.285. The fourth-order valence-electron chi connectivity index (χ4n) is 3.28. The predicted octanol–water partition coefficient (Wildman–Crippen LogP) is 0.799. The van der Waals surface area contributed by atoms with Crippen molar-refractivity contribution in [3.05, 3.63) is 28.3 Å². The van der Waals surface area contributed by atoms with Crippen LogP contribution in [-0.2, 0) is 6.54 Å². The van der Waals surface area contributed by atoms with Gasteiger partial charge in [0.2, 0.25) is 5.43 Å². The summed E-state index contributed by atoms with van der Waals surface area (Å²) in [5, 5.41) is 9.16. The molecule has 0 amide bonds. The highest BCUT2D eigenvalue weighted by Gasteiger charge is 2.39. The monoisotopic (exact) mass is 250 g/mol. The van der Waals surface area contributed by atoms with Crippen molar-refractivity contribution in [1.82, 2.24) is 4.90 Å². The number of rotatable bonds is 2. The van der Waals surface area contributed by atoms with Crippen molar-refractivity contribution in [3.8, 4) is 5.75 Å². The molecule has 2 fully saturated rings. The van der Waals surface area contributed by atoms with Crippen LogP contribution in [0.25, 0.3) is 0 Å². The number of aromatic hydroxyl groups is 1. The molecule has 5 heteroatoms. The summed E-state index contributed by atoms with van der Waals surface area (Å²) in [6.45, 7) is 0.636. The van der Waals surface area contributed by atoms with E-state index in [1.165, 1.54) is 18.9 Å². The standard InChI is InChI=1S/C13H18N2O3/c14-8-3-9-1-2-10(4-8)15(9)6-11-5-12(16)13(17)7-18-11/h5,7-10,17H,1-4,6,14H2. The van der Waals surface area contributed by atoms with E-state index in [9.17, 15) is 4.79 Å². The molecule has 3 rings (SSSR count).